The van der Waals surface area contributed by atoms with Crippen LogP contribution in [0.25, 0.3) is 0 Å². The highest BCUT2D eigenvalue weighted by Crippen LogP contribution is 2.17. The molecule has 0 radical (unpaired) electrons. The fourth-order valence-electron chi connectivity index (χ4n) is 1.89. The van der Waals surface area contributed by atoms with Gasteiger partial charge in [-0.1, -0.05) is 30.3 Å². The summed E-state index contributed by atoms with van der Waals surface area (Å²) < 4.78 is 10.4. The number of ether oxygens (including phenoxy) is 2. The van der Waals surface area contributed by atoms with Crippen LogP contribution in [0, 0.1) is 0 Å². The maximum atomic E-state index is 11.7. The van der Waals surface area contributed by atoms with Gasteiger partial charge in [0.2, 0.25) is 5.91 Å². The number of nitrogens with one attached hydrogen (secondary N) is 1. The summed E-state index contributed by atoms with van der Waals surface area (Å²) in [6, 6.07) is 16.9. The molecule has 5 heteroatoms. The zero-order chi connectivity index (χ0) is 17.2. The molecule has 0 heterocycles. The number of carbonyl (C=O) groups is 2. The van der Waals surface area contributed by atoms with Crippen molar-refractivity contribution in [1.29, 1.82) is 0 Å². The van der Waals surface area contributed by atoms with Crippen molar-refractivity contribution in [3.63, 3.8) is 0 Å². The summed E-state index contributed by atoms with van der Waals surface area (Å²) in [5, 5.41) is 2.65. The van der Waals surface area contributed by atoms with Gasteiger partial charge >= 0.3 is 5.97 Å². The highest BCUT2D eigenvalue weighted by molar-refractivity contribution is 6.02. The van der Waals surface area contributed by atoms with Crippen LogP contribution in [0.2, 0.25) is 0 Å². The summed E-state index contributed by atoms with van der Waals surface area (Å²) in [5.41, 5.74) is 1.69. The van der Waals surface area contributed by atoms with Gasteiger partial charge in [0.05, 0.1) is 6.61 Å². The van der Waals surface area contributed by atoms with Crippen LogP contribution in [-0.2, 0) is 20.9 Å². The highest BCUT2D eigenvalue weighted by atomic mass is 16.5. The maximum Gasteiger partial charge on any atom is 0.330 e. The summed E-state index contributed by atoms with van der Waals surface area (Å²) in [4.78, 5) is 22.8. The largest absolute Gasteiger partial charge is 0.489 e. The van der Waals surface area contributed by atoms with Gasteiger partial charge in [0, 0.05) is 17.8 Å². The number of carbonyl (C=O) groups excluding carboxylic acids is 2. The third-order valence-corrected chi connectivity index (χ3v) is 3.03. The molecule has 1 N–H and O–H groups in total. The van der Waals surface area contributed by atoms with Crippen LogP contribution in [0.5, 0.6) is 5.75 Å². The minimum atomic E-state index is -0.544. The molecule has 0 bridgehead atoms. The number of anilines is 1. The molecule has 5 nitrogen and oxygen atoms in total. The van der Waals surface area contributed by atoms with Crippen LogP contribution < -0.4 is 10.1 Å². The minimum Gasteiger partial charge on any atom is -0.489 e. The molecule has 0 saturated carbocycles. The lowest BCUT2D eigenvalue weighted by Crippen LogP contribution is -2.09. The quantitative estimate of drug-likeness (QED) is 0.626. The van der Waals surface area contributed by atoms with Crippen molar-refractivity contribution in [3.05, 3.63) is 72.3 Å². The molecule has 0 atom stereocenters. The van der Waals surface area contributed by atoms with Gasteiger partial charge in [0.25, 0.3) is 0 Å². The average molecular weight is 325 g/mol. The summed E-state index contributed by atoms with van der Waals surface area (Å²) in [7, 11) is 0. The van der Waals surface area contributed by atoms with E-state index in [-0.39, 0.29) is 6.61 Å². The van der Waals surface area contributed by atoms with Gasteiger partial charge in [0.15, 0.2) is 0 Å². The molecule has 2 aromatic rings. The van der Waals surface area contributed by atoms with Crippen LogP contribution in [0.1, 0.15) is 12.5 Å². The van der Waals surface area contributed by atoms with Crippen LogP contribution in [0.15, 0.2) is 66.7 Å². The number of hydrogen-bond acceptors (Lipinski definition) is 4. The fraction of sp³-hybridized carbons (Fsp3) is 0.158. The smallest absolute Gasteiger partial charge is 0.330 e. The van der Waals surface area contributed by atoms with Crippen LogP contribution in [0.3, 0.4) is 0 Å². The Morgan fingerprint density at radius 1 is 1.00 bits per heavy atom. The predicted molar refractivity (Wildman–Crippen MR) is 91.6 cm³/mol. The molecule has 1 amide bonds. The third-order valence-electron chi connectivity index (χ3n) is 3.03. The Morgan fingerprint density at radius 2 is 1.71 bits per heavy atom. The van der Waals surface area contributed by atoms with Gasteiger partial charge in [-0.15, -0.1) is 0 Å². The number of hydrogen-bond donors (Lipinski definition) is 1. The van der Waals surface area contributed by atoms with Crippen LogP contribution in [0.4, 0.5) is 5.69 Å². The molecule has 2 aromatic carbocycles. The Bertz CT molecular complexity index is 693. The van der Waals surface area contributed by atoms with Gasteiger partial charge in [-0.2, -0.15) is 0 Å². The Balaban J connectivity index is 1.83. The van der Waals surface area contributed by atoms with E-state index in [1.807, 2.05) is 30.3 Å². The van der Waals surface area contributed by atoms with E-state index in [0.717, 1.165) is 17.7 Å². The predicted octanol–water partition coefficient (Wildman–Crippen LogP) is 3.32. The van der Waals surface area contributed by atoms with E-state index in [1.54, 1.807) is 31.2 Å². The summed E-state index contributed by atoms with van der Waals surface area (Å²) in [5.74, 6) is -0.239. The van der Waals surface area contributed by atoms with E-state index in [2.05, 4.69) is 5.32 Å². The van der Waals surface area contributed by atoms with Crippen molar-refractivity contribution in [2.75, 3.05) is 11.9 Å². The fourth-order valence-corrected chi connectivity index (χ4v) is 1.89. The molecule has 2 rings (SSSR count). The lowest BCUT2D eigenvalue weighted by Gasteiger charge is -2.07. The lowest BCUT2D eigenvalue weighted by molar-refractivity contribution is -0.137. The normalized spacial score (nSPS) is 10.4. The molecule has 0 unspecified atom stereocenters. The standard InChI is InChI=1S/C19H19NO4/c1-2-23-19(22)13-12-18(21)20-16-8-10-17(11-9-16)24-14-15-6-4-3-5-7-15/h3-13H,2,14H2,1H3,(H,20,21). The Morgan fingerprint density at radius 3 is 2.38 bits per heavy atom. The second-order valence-electron chi connectivity index (χ2n) is 4.87. The zero-order valence-electron chi connectivity index (χ0n) is 13.4. The molecule has 24 heavy (non-hydrogen) atoms. The second kappa shape index (κ2) is 9.15. The topological polar surface area (TPSA) is 64.6 Å². The van der Waals surface area contributed by atoms with E-state index >= 15 is 0 Å². The highest BCUT2D eigenvalue weighted by Gasteiger charge is 2.01. The first-order valence-corrected chi connectivity index (χ1v) is 7.60. The monoisotopic (exact) mass is 325 g/mol. The number of benzene rings is 2. The Labute approximate surface area is 140 Å². The van der Waals surface area contributed by atoms with Crippen molar-refractivity contribution in [2.24, 2.45) is 0 Å². The van der Waals surface area contributed by atoms with Crippen molar-refractivity contribution in [1.82, 2.24) is 0 Å². The van der Waals surface area contributed by atoms with Crippen molar-refractivity contribution < 1.29 is 19.1 Å². The second-order valence-corrected chi connectivity index (χ2v) is 4.87. The number of rotatable bonds is 7. The average Bonchev–Trinajstić information content (AvgIpc) is 2.61. The van der Waals surface area contributed by atoms with Crippen LogP contribution in [-0.4, -0.2) is 18.5 Å². The molecule has 0 aromatic heterocycles. The number of amides is 1. The van der Waals surface area contributed by atoms with Crippen molar-refractivity contribution in [3.8, 4) is 5.75 Å². The summed E-state index contributed by atoms with van der Waals surface area (Å²) >= 11 is 0. The van der Waals surface area contributed by atoms with E-state index in [4.69, 9.17) is 9.47 Å². The van der Waals surface area contributed by atoms with Gasteiger partial charge in [-0.05, 0) is 36.8 Å². The summed E-state index contributed by atoms with van der Waals surface area (Å²) in [6.07, 6.45) is 2.23. The van der Waals surface area contributed by atoms with Crippen molar-refractivity contribution >= 4 is 17.6 Å². The molecule has 0 spiro atoms. The Kier molecular flexibility index (Phi) is 6.58. The van der Waals surface area contributed by atoms with E-state index in [1.165, 1.54) is 0 Å². The molecule has 0 aliphatic heterocycles. The molecular formula is C19H19NO4. The summed E-state index contributed by atoms with van der Waals surface area (Å²) in [6.45, 7) is 2.46. The molecule has 0 fully saturated rings. The number of esters is 1. The van der Waals surface area contributed by atoms with Gasteiger partial charge in [-0.25, -0.2) is 4.79 Å². The van der Waals surface area contributed by atoms with Gasteiger partial charge < -0.3 is 14.8 Å². The zero-order valence-corrected chi connectivity index (χ0v) is 13.4. The minimum absolute atomic E-state index is 0.273. The van der Waals surface area contributed by atoms with Crippen LogP contribution >= 0.6 is 0 Å². The first-order chi connectivity index (χ1) is 11.7. The third kappa shape index (κ3) is 5.96. The first kappa shape index (κ1) is 17.3. The van der Waals surface area contributed by atoms with Gasteiger partial charge in [-0.3, -0.25) is 4.79 Å². The van der Waals surface area contributed by atoms with E-state index < -0.39 is 11.9 Å². The molecule has 0 saturated heterocycles. The molecule has 124 valence electrons. The van der Waals surface area contributed by atoms with E-state index in [0.29, 0.717) is 18.0 Å². The van der Waals surface area contributed by atoms with Crippen molar-refractivity contribution in [2.45, 2.75) is 13.5 Å². The molecule has 0 aliphatic carbocycles. The lowest BCUT2D eigenvalue weighted by atomic mass is 10.2. The SMILES string of the molecule is CCOC(=O)C=CC(=O)Nc1ccc(OCc2ccccc2)cc1. The van der Waals surface area contributed by atoms with E-state index in [9.17, 15) is 9.59 Å². The maximum absolute atomic E-state index is 11.7. The molecular weight excluding hydrogens is 306 g/mol. The Hall–Kier alpha value is -3.08. The molecule has 0 aliphatic rings. The first-order valence-electron chi connectivity index (χ1n) is 7.60. The van der Waals surface area contributed by atoms with Gasteiger partial charge in [0.1, 0.15) is 12.4 Å².